The summed E-state index contributed by atoms with van der Waals surface area (Å²) in [6.45, 7) is 0. The van der Waals surface area contributed by atoms with E-state index in [1.165, 1.54) is 12.1 Å². The topological polar surface area (TPSA) is 73.0 Å². The summed E-state index contributed by atoms with van der Waals surface area (Å²) in [7, 11) is 1.82. The van der Waals surface area contributed by atoms with Gasteiger partial charge in [-0.3, -0.25) is 4.79 Å². The van der Waals surface area contributed by atoms with Gasteiger partial charge in [0.2, 0.25) is 0 Å². The van der Waals surface area contributed by atoms with E-state index in [1.54, 1.807) is 35.2 Å². The molecule has 4 rings (SSSR count). The number of nitrogens with one attached hydrogen (secondary N) is 1. The molecule has 1 saturated carbocycles. The summed E-state index contributed by atoms with van der Waals surface area (Å²) in [6, 6.07) is 7.19. The Morgan fingerprint density at radius 2 is 2.24 bits per heavy atom. The van der Waals surface area contributed by atoms with Crippen molar-refractivity contribution in [3.63, 3.8) is 0 Å². The van der Waals surface area contributed by atoms with E-state index in [9.17, 15) is 9.18 Å². The minimum atomic E-state index is -0.593. The van der Waals surface area contributed by atoms with Gasteiger partial charge in [-0.1, -0.05) is 17.3 Å². The third-order valence-electron chi connectivity index (χ3n) is 4.31. The van der Waals surface area contributed by atoms with Crippen molar-refractivity contribution in [3.05, 3.63) is 71.4 Å². The number of rotatable bonds is 5. The Balaban J connectivity index is 1.63. The number of carbonyl (C=O) groups excluding carboxylic acids is 1. The molecule has 1 amide bonds. The lowest BCUT2D eigenvalue weighted by Gasteiger charge is -2.18. The Morgan fingerprint density at radius 1 is 1.40 bits per heavy atom. The van der Waals surface area contributed by atoms with Crippen LogP contribution in [0.5, 0.6) is 0 Å². The summed E-state index contributed by atoms with van der Waals surface area (Å²) in [6.07, 6.45) is 5.54. The van der Waals surface area contributed by atoms with Crippen LogP contribution in [0.15, 0.2) is 47.2 Å². The van der Waals surface area contributed by atoms with E-state index >= 15 is 0 Å². The van der Waals surface area contributed by atoms with E-state index in [4.69, 9.17) is 4.52 Å². The van der Waals surface area contributed by atoms with Crippen LogP contribution in [0, 0.1) is 5.82 Å². The van der Waals surface area contributed by atoms with Gasteiger partial charge in [0.15, 0.2) is 5.69 Å². The van der Waals surface area contributed by atoms with Crippen LogP contribution in [0.2, 0.25) is 0 Å². The van der Waals surface area contributed by atoms with Crippen LogP contribution in [0.1, 0.15) is 52.4 Å². The molecule has 0 aliphatic heterocycles. The van der Waals surface area contributed by atoms with Gasteiger partial charge in [-0.05, 0) is 30.5 Å². The van der Waals surface area contributed by atoms with Gasteiger partial charge < -0.3 is 14.4 Å². The summed E-state index contributed by atoms with van der Waals surface area (Å²) >= 11 is 0. The number of aryl methyl sites for hydroxylation is 1. The number of hydrogen-bond donors (Lipinski definition) is 1. The monoisotopic (exact) mass is 340 g/mol. The Labute approximate surface area is 143 Å². The molecule has 7 heteroatoms. The maximum Gasteiger partial charge on any atom is 0.274 e. The van der Waals surface area contributed by atoms with Gasteiger partial charge in [0.1, 0.15) is 23.4 Å². The Bertz CT molecular complexity index is 913. The Kier molecular flexibility index (Phi) is 3.83. The highest BCUT2D eigenvalue weighted by Gasteiger charge is 2.30. The lowest BCUT2D eigenvalue weighted by atomic mass is 10.1. The molecule has 6 nitrogen and oxygen atoms in total. The average molecular weight is 340 g/mol. The van der Waals surface area contributed by atoms with Crippen LogP contribution in [0.25, 0.3) is 0 Å². The first-order chi connectivity index (χ1) is 12.1. The van der Waals surface area contributed by atoms with Crippen molar-refractivity contribution in [2.24, 2.45) is 7.05 Å². The number of carbonyl (C=O) groups is 1. The van der Waals surface area contributed by atoms with Gasteiger partial charge in [0, 0.05) is 31.4 Å². The highest BCUT2D eigenvalue weighted by Crippen LogP contribution is 2.40. The van der Waals surface area contributed by atoms with Crippen molar-refractivity contribution in [1.29, 1.82) is 0 Å². The molecular weight excluding hydrogens is 323 g/mol. The van der Waals surface area contributed by atoms with Gasteiger partial charge in [-0.15, -0.1) is 0 Å². The lowest BCUT2D eigenvalue weighted by molar-refractivity contribution is 0.0932. The molecule has 1 aliphatic carbocycles. The summed E-state index contributed by atoms with van der Waals surface area (Å²) in [5.74, 6) is 0.966. The zero-order valence-electron chi connectivity index (χ0n) is 13.6. The van der Waals surface area contributed by atoms with Crippen LogP contribution in [0.4, 0.5) is 4.39 Å². The molecular formula is C18H17FN4O2. The number of imidazole rings is 1. The number of amides is 1. The van der Waals surface area contributed by atoms with Crippen LogP contribution in [-0.2, 0) is 7.05 Å². The third kappa shape index (κ3) is 3.17. The molecule has 0 saturated heterocycles. The zero-order chi connectivity index (χ0) is 17.4. The summed E-state index contributed by atoms with van der Waals surface area (Å²) < 4.78 is 20.7. The van der Waals surface area contributed by atoms with Gasteiger partial charge in [-0.25, -0.2) is 9.37 Å². The predicted octanol–water partition coefficient (Wildman–Crippen LogP) is 2.94. The number of benzene rings is 1. The number of hydrogen-bond acceptors (Lipinski definition) is 4. The van der Waals surface area contributed by atoms with Crippen molar-refractivity contribution in [2.45, 2.75) is 24.8 Å². The number of nitrogens with zero attached hydrogens (tertiary/aromatic N) is 3. The molecule has 2 heterocycles. The Morgan fingerprint density at radius 3 is 2.92 bits per heavy atom. The molecule has 0 bridgehead atoms. The smallest absolute Gasteiger partial charge is 0.274 e. The van der Waals surface area contributed by atoms with E-state index in [0.717, 1.165) is 18.6 Å². The van der Waals surface area contributed by atoms with Crippen molar-refractivity contribution in [2.75, 3.05) is 0 Å². The molecule has 0 radical (unpaired) electrons. The Hall–Kier alpha value is -2.96. The SMILES string of the molecule is Cn1ccnc1[C@H](NC(=O)c1cc(C2CC2)on1)c1cccc(F)c1. The minimum Gasteiger partial charge on any atom is -0.360 e. The maximum atomic E-state index is 13.7. The van der Waals surface area contributed by atoms with E-state index < -0.39 is 6.04 Å². The molecule has 25 heavy (non-hydrogen) atoms. The standard InChI is InChI=1S/C18H17FN4O2/c1-23-8-7-20-17(23)16(12-3-2-4-13(19)9-12)21-18(24)14-10-15(25-22-14)11-5-6-11/h2-4,7-11,16H,5-6H2,1H3,(H,21,24)/t16-/m1/s1. The average Bonchev–Trinajstić information content (AvgIpc) is 3.17. The van der Waals surface area contributed by atoms with Crippen molar-refractivity contribution < 1.29 is 13.7 Å². The van der Waals surface area contributed by atoms with Crippen LogP contribution >= 0.6 is 0 Å². The lowest BCUT2D eigenvalue weighted by Crippen LogP contribution is -2.31. The fourth-order valence-corrected chi connectivity index (χ4v) is 2.80. The van der Waals surface area contributed by atoms with Gasteiger partial charge >= 0.3 is 0 Å². The van der Waals surface area contributed by atoms with Crippen molar-refractivity contribution >= 4 is 5.91 Å². The second kappa shape index (κ2) is 6.16. The first kappa shape index (κ1) is 15.6. The summed E-state index contributed by atoms with van der Waals surface area (Å²) in [5, 5.41) is 6.74. The van der Waals surface area contributed by atoms with Crippen LogP contribution < -0.4 is 5.32 Å². The fourth-order valence-electron chi connectivity index (χ4n) is 2.80. The first-order valence-electron chi connectivity index (χ1n) is 8.12. The fraction of sp³-hybridized carbons (Fsp3) is 0.278. The number of aromatic nitrogens is 3. The zero-order valence-corrected chi connectivity index (χ0v) is 13.6. The van der Waals surface area contributed by atoms with Gasteiger partial charge in [0.25, 0.3) is 5.91 Å². The van der Waals surface area contributed by atoms with Gasteiger partial charge in [-0.2, -0.15) is 0 Å². The van der Waals surface area contributed by atoms with Crippen LogP contribution in [-0.4, -0.2) is 20.6 Å². The second-order valence-electron chi connectivity index (χ2n) is 6.25. The molecule has 1 atom stereocenters. The number of halogens is 1. The summed E-state index contributed by atoms with van der Waals surface area (Å²) in [5.41, 5.74) is 0.825. The first-order valence-corrected chi connectivity index (χ1v) is 8.12. The molecule has 0 spiro atoms. The van der Waals surface area contributed by atoms with Crippen molar-refractivity contribution in [1.82, 2.24) is 20.0 Å². The largest absolute Gasteiger partial charge is 0.360 e. The molecule has 1 aliphatic rings. The second-order valence-corrected chi connectivity index (χ2v) is 6.25. The minimum absolute atomic E-state index is 0.220. The molecule has 128 valence electrons. The summed E-state index contributed by atoms with van der Waals surface area (Å²) in [4.78, 5) is 16.9. The molecule has 0 unspecified atom stereocenters. The van der Waals surface area contributed by atoms with E-state index in [0.29, 0.717) is 17.3 Å². The van der Waals surface area contributed by atoms with E-state index in [-0.39, 0.29) is 17.4 Å². The maximum absolute atomic E-state index is 13.7. The third-order valence-corrected chi connectivity index (χ3v) is 4.31. The highest BCUT2D eigenvalue weighted by molar-refractivity contribution is 5.92. The van der Waals surface area contributed by atoms with Gasteiger partial charge in [0.05, 0.1) is 0 Å². The molecule has 1 fully saturated rings. The highest BCUT2D eigenvalue weighted by atomic mass is 19.1. The predicted molar refractivity (Wildman–Crippen MR) is 87.4 cm³/mol. The molecule has 1 N–H and O–H groups in total. The normalized spacial score (nSPS) is 15.1. The quantitative estimate of drug-likeness (QED) is 0.775. The van der Waals surface area contributed by atoms with E-state index in [2.05, 4.69) is 15.5 Å². The molecule has 1 aromatic carbocycles. The van der Waals surface area contributed by atoms with E-state index in [1.807, 2.05) is 7.05 Å². The van der Waals surface area contributed by atoms with Crippen molar-refractivity contribution in [3.8, 4) is 0 Å². The molecule has 3 aromatic rings. The van der Waals surface area contributed by atoms with Crippen LogP contribution in [0.3, 0.4) is 0 Å². The molecule has 2 aromatic heterocycles.